The Morgan fingerprint density at radius 1 is 1.14 bits per heavy atom. The Kier molecular flexibility index (Phi) is 2.99. The standard InChI is InChI=1S/C9H8N2O2.ClH/c12-10-8-5-6-11(13)9-4-2-1-3-7(8)9;/h1-6,12-13H;1H/b10-8+;. The number of halogens is 1. The fourth-order valence-corrected chi connectivity index (χ4v) is 1.29. The van der Waals surface area contributed by atoms with Crippen molar-refractivity contribution in [2.45, 2.75) is 0 Å². The van der Waals surface area contributed by atoms with Crippen LogP contribution in [-0.2, 0) is 0 Å². The second-order valence-electron chi connectivity index (χ2n) is 2.66. The van der Waals surface area contributed by atoms with Gasteiger partial charge in [0.25, 0.3) is 0 Å². The van der Waals surface area contributed by atoms with Crippen LogP contribution in [0.1, 0.15) is 0 Å². The van der Waals surface area contributed by atoms with Gasteiger partial charge in [-0.05, 0) is 12.1 Å². The van der Waals surface area contributed by atoms with Crippen molar-refractivity contribution in [3.05, 3.63) is 41.9 Å². The molecule has 2 rings (SSSR count). The predicted molar refractivity (Wildman–Crippen MR) is 53.7 cm³/mol. The van der Waals surface area contributed by atoms with E-state index >= 15 is 0 Å². The molecular weight excluding hydrogens is 204 g/mol. The van der Waals surface area contributed by atoms with Crippen molar-refractivity contribution in [1.82, 2.24) is 4.73 Å². The lowest BCUT2D eigenvalue weighted by atomic mass is 10.2. The minimum absolute atomic E-state index is 0. The Hall–Kier alpha value is -1.68. The van der Waals surface area contributed by atoms with Gasteiger partial charge in [0.1, 0.15) is 5.36 Å². The molecule has 74 valence electrons. The summed E-state index contributed by atoms with van der Waals surface area (Å²) < 4.78 is 0.990. The molecule has 5 heteroatoms. The van der Waals surface area contributed by atoms with Gasteiger partial charge in [-0.2, -0.15) is 4.73 Å². The molecule has 0 aliphatic carbocycles. The highest BCUT2D eigenvalue weighted by atomic mass is 35.5. The Bertz CT molecular complexity index is 507. The zero-order valence-corrected chi connectivity index (χ0v) is 7.98. The van der Waals surface area contributed by atoms with Crippen LogP contribution in [0.4, 0.5) is 0 Å². The van der Waals surface area contributed by atoms with E-state index in [0.29, 0.717) is 16.3 Å². The van der Waals surface area contributed by atoms with E-state index in [1.165, 1.54) is 12.3 Å². The number of aromatic nitrogens is 1. The molecule has 0 unspecified atom stereocenters. The lowest BCUT2D eigenvalue weighted by Gasteiger charge is -2.02. The summed E-state index contributed by atoms with van der Waals surface area (Å²) >= 11 is 0. The van der Waals surface area contributed by atoms with Gasteiger partial charge in [-0.15, -0.1) is 12.4 Å². The van der Waals surface area contributed by atoms with Gasteiger partial charge in [-0.25, -0.2) is 0 Å². The minimum Gasteiger partial charge on any atom is -0.428 e. The maximum Gasteiger partial charge on any atom is 0.113 e. The summed E-state index contributed by atoms with van der Waals surface area (Å²) in [4.78, 5) is 0. The van der Waals surface area contributed by atoms with E-state index < -0.39 is 0 Å². The topological polar surface area (TPSA) is 57.8 Å². The van der Waals surface area contributed by atoms with Gasteiger partial charge >= 0.3 is 0 Å². The van der Waals surface area contributed by atoms with Crippen LogP contribution in [0.5, 0.6) is 0 Å². The van der Waals surface area contributed by atoms with Crippen LogP contribution in [0, 0.1) is 0 Å². The second-order valence-corrected chi connectivity index (χ2v) is 2.66. The maximum atomic E-state index is 9.38. The van der Waals surface area contributed by atoms with E-state index in [1.807, 2.05) is 6.07 Å². The molecule has 1 heterocycles. The van der Waals surface area contributed by atoms with Crippen molar-refractivity contribution in [3.8, 4) is 0 Å². The fraction of sp³-hybridized carbons (Fsp3) is 0. The smallest absolute Gasteiger partial charge is 0.113 e. The lowest BCUT2D eigenvalue weighted by Crippen LogP contribution is -2.07. The van der Waals surface area contributed by atoms with Crippen molar-refractivity contribution in [2.75, 3.05) is 0 Å². The highest BCUT2D eigenvalue weighted by Crippen LogP contribution is 2.06. The molecule has 2 aromatic rings. The molecule has 0 aliphatic rings. The summed E-state index contributed by atoms with van der Waals surface area (Å²) in [5, 5.41) is 22.3. The largest absolute Gasteiger partial charge is 0.428 e. The van der Waals surface area contributed by atoms with Gasteiger partial charge < -0.3 is 10.4 Å². The molecule has 0 bridgehead atoms. The van der Waals surface area contributed by atoms with Crippen molar-refractivity contribution in [1.29, 1.82) is 0 Å². The van der Waals surface area contributed by atoms with Gasteiger partial charge in [-0.3, -0.25) is 0 Å². The predicted octanol–water partition coefficient (Wildman–Crippen LogP) is 1.59. The molecule has 0 atom stereocenters. The number of para-hydroxylation sites is 1. The Balaban J connectivity index is 0.000000980. The highest BCUT2D eigenvalue weighted by molar-refractivity contribution is 5.85. The van der Waals surface area contributed by atoms with Gasteiger partial charge in [0.15, 0.2) is 0 Å². The van der Waals surface area contributed by atoms with Gasteiger partial charge in [0.2, 0.25) is 0 Å². The van der Waals surface area contributed by atoms with Gasteiger partial charge in [0.05, 0.1) is 5.52 Å². The van der Waals surface area contributed by atoms with Crippen molar-refractivity contribution >= 4 is 23.3 Å². The van der Waals surface area contributed by atoms with Crippen molar-refractivity contribution in [2.24, 2.45) is 5.16 Å². The summed E-state index contributed by atoms with van der Waals surface area (Å²) in [7, 11) is 0. The molecule has 0 aliphatic heterocycles. The molecule has 2 N–H and O–H groups in total. The highest BCUT2D eigenvalue weighted by Gasteiger charge is 1.97. The summed E-state index contributed by atoms with van der Waals surface area (Å²) in [5.41, 5.74) is 0.609. The van der Waals surface area contributed by atoms with E-state index in [-0.39, 0.29) is 12.4 Å². The van der Waals surface area contributed by atoms with Crippen LogP contribution in [0.2, 0.25) is 0 Å². The van der Waals surface area contributed by atoms with Crippen LogP contribution in [0.15, 0.2) is 41.7 Å². The summed E-state index contributed by atoms with van der Waals surface area (Å²) in [6.07, 6.45) is 1.43. The van der Waals surface area contributed by atoms with Gasteiger partial charge in [0, 0.05) is 11.6 Å². The molecule has 1 aromatic carbocycles. The number of nitrogens with zero attached hydrogens (tertiary/aromatic N) is 2. The SMILES string of the molecule is Cl.O/N=c1\ccn(O)c2ccccc12. The van der Waals surface area contributed by atoms with Crippen LogP contribution >= 0.6 is 12.4 Å². The van der Waals surface area contributed by atoms with Crippen LogP contribution in [0.25, 0.3) is 10.9 Å². The first-order valence-corrected chi connectivity index (χ1v) is 3.80. The molecule has 0 amide bonds. The van der Waals surface area contributed by atoms with E-state index in [4.69, 9.17) is 5.21 Å². The van der Waals surface area contributed by atoms with Crippen LogP contribution in [-0.4, -0.2) is 15.1 Å². The molecule has 0 saturated carbocycles. The van der Waals surface area contributed by atoms with E-state index in [9.17, 15) is 5.21 Å². The normalized spacial score (nSPS) is 11.3. The van der Waals surface area contributed by atoms with Crippen molar-refractivity contribution in [3.63, 3.8) is 0 Å². The number of hydrogen-bond donors (Lipinski definition) is 2. The third-order valence-electron chi connectivity index (χ3n) is 1.91. The first kappa shape index (κ1) is 10.4. The summed E-state index contributed by atoms with van der Waals surface area (Å²) in [5.74, 6) is 0. The van der Waals surface area contributed by atoms with Gasteiger partial charge in [-0.1, -0.05) is 23.4 Å². The number of benzene rings is 1. The molecular formula is C9H9ClN2O2. The second kappa shape index (κ2) is 4.02. The van der Waals surface area contributed by atoms with E-state index in [2.05, 4.69) is 5.16 Å². The third kappa shape index (κ3) is 1.52. The zero-order valence-electron chi connectivity index (χ0n) is 7.16. The first-order chi connectivity index (χ1) is 6.33. The average Bonchev–Trinajstić information content (AvgIpc) is 2.19. The lowest BCUT2D eigenvalue weighted by molar-refractivity contribution is 0.197. The fourth-order valence-electron chi connectivity index (χ4n) is 1.29. The Labute approximate surface area is 86.1 Å². The number of hydrogen-bond acceptors (Lipinski definition) is 3. The van der Waals surface area contributed by atoms with E-state index in [1.54, 1.807) is 18.2 Å². The zero-order chi connectivity index (χ0) is 9.26. The first-order valence-electron chi connectivity index (χ1n) is 3.80. The maximum absolute atomic E-state index is 9.38. The average molecular weight is 213 g/mol. The molecule has 0 spiro atoms. The molecule has 1 aromatic heterocycles. The molecule has 0 fully saturated rings. The molecule has 4 nitrogen and oxygen atoms in total. The number of pyridine rings is 1. The minimum atomic E-state index is 0. The summed E-state index contributed by atoms with van der Waals surface area (Å²) in [6, 6.07) is 8.66. The quantitative estimate of drug-likeness (QED) is 0.396. The van der Waals surface area contributed by atoms with Crippen LogP contribution in [0.3, 0.4) is 0 Å². The third-order valence-corrected chi connectivity index (χ3v) is 1.91. The number of fused-ring (bicyclic) bond motifs is 1. The number of rotatable bonds is 0. The van der Waals surface area contributed by atoms with E-state index in [0.717, 1.165) is 4.73 Å². The molecule has 0 radical (unpaired) electrons. The Morgan fingerprint density at radius 2 is 1.86 bits per heavy atom. The van der Waals surface area contributed by atoms with Crippen LogP contribution < -0.4 is 5.36 Å². The monoisotopic (exact) mass is 212 g/mol. The molecule has 0 saturated heterocycles. The van der Waals surface area contributed by atoms with Crippen molar-refractivity contribution < 1.29 is 10.4 Å². The molecule has 14 heavy (non-hydrogen) atoms. The summed E-state index contributed by atoms with van der Waals surface area (Å²) in [6.45, 7) is 0. The Morgan fingerprint density at radius 3 is 2.57 bits per heavy atom.